The van der Waals surface area contributed by atoms with E-state index >= 15 is 0 Å². The second-order valence-corrected chi connectivity index (χ2v) is 5.46. The second-order valence-electron chi connectivity index (χ2n) is 5.46. The number of carbonyl (C=O) groups is 1. The maximum absolute atomic E-state index is 12.0. The summed E-state index contributed by atoms with van der Waals surface area (Å²) in [5.74, 6) is 0.207. The fourth-order valence-electron chi connectivity index (χ4n) is 2.22. The summed E-state index contributed by atoms with van der Waals surface area (Å²) >= 11 is 0. The summed E-state index contributed by atoms with van der Waals surface area (Å²) in [6.07, 6.45) is 9.68. The molecule has 0 bridgehead atoms. The molecule has 0 N–H and O–H groups in total. The van der Waals surface area contributed by atoms with Crippen LogP contribution in [0.1, 0.15) is 78.6 Å². The maximum atomic E-state index is 12.0. The van der Waals surface area contributed by atoms with Crippen LogP contribution in [0.5, 0.6) is 0 Å². The molecule has 3 heteroatoms. The molecule has 0 aliphatic rings. The molecular formula is C16H30N2O. The minimum Gasteiger partial charge on any atom is -0.339 e. The lowest BCUT2D eigenvalue weighted by Crippen LogP contribution is -2.37. The average Bonchev–Trinajstić information content (AvgIpc) is 2.37. The predicted molar refractivity (Wildman–Crippen MR) is 79.7 cm³/mol. The van der Waals surface area contributed by atoms with Gasteiger partial charge in [-0.1, -0.05) is 45.4 Å². The van der Waals surface area contributed by atoms with E-state index in [1.807, 2.05) is 18.7 Å². The van der Waals surface area contributed by atoms with Crippen LogP contribution in [0.3, 0.4) is 0 Å². The van der Waals surface area contributed by atoms with Crippen molar-refractivity contribution in [1.82, 2.24) is 4.90 Å². The zero-order chi connectivity index (χ0) is 14.5. The molecule has 0 aromatic rings. The van der Waals surface area contributed by atoms with E-state index in [1.165, 1.54) is 32.1 Å². The van der Waals surface area contributed by atoms with Crippen LogP contribution in [0, 0.1) is 11.3 Å². The third kappa shape index (κ3) is 9.53. The Labute approximate surface area is 119 Å². The van der Waals surface area contributed by atoms with Gasteiger partial charge in [0.25, 0.3) is 0 Å². The van der Waals surface area contributed by atoms with Crippen molar-refractivity contribution in [1.29, 1.82) is 5.26 Å². The molecular weight excluding hydrogens is 236 g/mol. The summed E-state index contributed by atoms with van der Waals surface area (Å²) in [7, 11) is 0. The van der Waals surface area contributed by atoms with E-state index in [2.05, 4.69) is 13.0 Å². The van der Waals surface area contributed by atoms with Crippen LogP contribution < -0.4 is 0 Å². The van der Waals surface area contributed by atoms with Gasteiger partial charge < -0.3 is 4.90 Å². The lowest BCUT2D eigenvalue weighted by molar-refractivity contribution is -0.132. The Morgan fingerprint density at radius 2 is 1.68 bits per heavy atom. The molecule has 0 saturated heterocycles. The summed E-state index contributed by atoms with van der Waals surface area (Å²) in [6, 6.07) is 2.31. The van der Waals surface area contributed by atoms with E-state index in [1.54, 1.807) is 0 Å². The predicted octanol–water partition coefficient (Wildman–Crippen LogP) is 4.28. The molecule has 0 aromatic carbocycles. The average molecular weight is 266 g/mol. The van der Waals surface area contributed by atoms with Gasteiger partial charge in [-0.3, -0.25) is 4.79 Å². The fraction of sp³-hybridized carbons (Fsp3) is 0.875. The third-order valence-electron chi connectivity index (χ3n) is 3.40. The number of hydrogen-bond acceptors (Lipinski definition) is 2. The monoisotopic (exact) mass is 266 g/mol. The van der Waals surface area contributed by atoms with Gasteiger partial charge in [-0.2, -0.15) is 5.26 Å². The van der Waals surface area contributed by atoms with Crippen LogP contribution in [0.25, 0.3) is 0 Å². The smallest absolute Gasteiger partial charge is 0.222 e. The molecule has 0 atom stereocenters. The van der Waals surface area contributed by atoms with E-state index in [4.69, 9.17) is 5.26 Å². The minimum absolute atomic E-state index is 0.199. The van der Waals surface area contributed by atoms with Crippen molar-refractivity contribution < 1.29 is 4.79 Å². The van der Waals surface area contributed by atoms with Crippen LogP contribution >= 0.6 is 0 Å². The van der Waals surface area contributed by atoms with Crippen molar-refractivity contribution >= 4 is 5.91 Å². The molecule has 19 heavy (non-hydrogen) atoms. The standard InChI is InChI=1S/C16H30N2O/c1-4-5-6-7-8-9-10-12-16(19)18(15(2)3)14-11-13-17/h15H,4-12,14H2,1-3H3. The summed E-state index contributed by atoms with van der Waals surface area (Å²) in [4.78, 5) is 13.9. The van der Waals surface area contributed by atoms with Crippen molar-refractivity contribution in [2.75, 3.05) is 6.54 Å². The van der Waals surface area contributed by atoms with Crippen molar-refractivity contribution in [3.63, 3.8) is 0 Å². The topological polar surface area (TPSA) is 44.1 Å². The zero-order valence-corrected chi connectivity index (χ0v) is 13.0. The van der Waals surface area contributed by atoms with Crippen LogP contribution in [0.2, 0.25) is 0 Å². The highest BCUT2D eigenvalue weighted by molar-refractivity contribution is 5.76. The maximum Gasteiger partial charge on any atom is 0.222 e. The highest BCUT2D eigenvalue weighted by atomic mass is 16.2. The van der Waals surface area contributed by atoms with E-state index in [-0.39, 0.29) is 11.9 Å². The molecule has 1 amide bonds. The molecule has 110 valence electrons. The van der Waals surface area contributed by atoms with E-state index in [9.17, 15) is 4.79 Å². The van der Waals surface area contributed by atoms with Crippen LogP contribution in [-0.2, 0) is 4.79 Å². The SMILES string of the molecule is CCCCCCCCCC(=O)N(CCC#N)C(C)C. The molecule has 0 aliphatic heterocycles. The highest BCUT2D eigenvalue weighted by Gasteiger charge is 2.15. The molecule has 3 nitrogen and oxygen atoms in total. The Balaban J connectivity index is 3.72. The van der Waals surface area contributed by atoms with E-state index in [0.717, 1.165) is 12.8 Å². The zero-order valence-electron chi connectivity index (χ0n) is 13.0. The van der Waals surface area contributed by atoms with Gasteiger partial charge in [-0.25, -0.2) is 0 Å². The summed E-state index contributed by atoms with van der Waals surface area (Å²) in [5.41, 5.74) is 0. The quantitative estimate of drug-likeness (QED) is 0.524. The number of carbonyl (C=O) groups excluding carboxylic acids is 1. The van der Waals surface area contributed by atoms with Crippen molar-refractivity contribution in [3.05, 3.63) is 0 Å². The Morgan fingerprint density at radius 1 is 1.11 bits per heavy atom. The summed E-state index contributed by atoms with van der Waals surface area (Å²) < 4.78 is 0. The van der Waals surface area contributed by atoms with Crippen LogP contribution in [0.15, 0.2) is 0 Å². The molecule has 0 fully saturated rings. The molecule has 0 aromatic heterocycles. The Bertz CT molecular complexity index is 268. The van der Waals surface area contributed by atoms with Gasteiger partial charge in [0.1, 0.15) is 0 Å². The third-order valence-corrected chi connectivity index (χ3v) is 3.40. The lowest BCUT2D eigenvalue weighted by atomic mass is 10.1. The number of hydrogen-bond donors (Lipinski definition) is 0. The first kappa shape index (κ1) is 18.0. The number of nitriles is 1. The van der Waals surface area contributed by atoms with Gasteiger partial charge in [0, 0.05) is 19.0 Å². The number of nitrogens with zero attached hydrogens (tertiary/aromatic N) is 2. The fourth-order valence-corrected chi connectivity index (χ4v) is 2.22. The molecule has 0 spiro atoms. The Hall–Kier alpha value is -1.04. The molecule has 0 unspecified atom stereocenters. The number of rotatable bonds is 11. The van der Waals surface area contributed by atoms with Gasteiger partial charge in [0.15, 0.2) is 0 Å². The van der Waals surface area contributed by atoms with Gasteiger partial charge in [0.2, 0.25) is 5.91 Å². The van der Waals surface area contributed by atoms with Gasteiger partial charge in [-0.15, -0.1) is 0 Å². The molecule has 0 aliphatic carbocycles. The minimum atomic E-state index is 0.199. The largest absolute Gasteiger partial charge is 0.339 e. The van der Waals surface area contributed by atoms with Gasteiger partial charge in [0.05, 0.1) is 12.5 Å². The van der Waals surface area contributed by atoms with Crippen LogP contribution in [0.4, 0.5) is 0 Å². The molecule has 0 heterocycles. The summed E-state index contributed by atoms with van der Waals surface area (Å²) in [5, 5.41) is 8.61. The molecule has 0 radical (unpaired) electrons. The number of unbranched alkanes of at least 4 members (excludes halogenated alkanes) is 6. The first-order chi connectivity index (χ1) is 9.13. The molecule has 0 rings (SSSR count). The summed E-state index contributed by atoms with van der Waals surface area (Å²) in [6.45, 7) is 6.82. The Kier molecular flexibility index (Phi) is 11.4. The van der Waals surface area contributed by atoms with Crippen LogP contribution in [-0.4, -0.2) is 23.4 Å². The van der Waals surface area contributed by atoms with Crippen molar-refractivity contribution in [3.8, 4) is 6.07 Å². The second kappa shape index (κ2) is 12.0. The first-order valence-corrected chi connectivity index (χ1v) is 7.79. The highest BCUT2D eigenvalue weighted by Crippen LogP contribution is 2.11. The van der Waals surface area contributed by atoms with Gasteiger partial charge in [-0.05, 0) is 20.3 Å². The van der Waals surface area contributed by atoms with Gasteiger partial charge >= 0.3 is 0 Å². The van der Waals surface area contributed by atoms with E-state index in [0.29, 0.717) is 19.4 Å². The number of amides is 1. The van der Waals surface area contributed by atoms with Crippen molar-refractivity contribution in [2.24, 2.45) is 0 Å². The van der Waals surface area contributed by atoms with E-state index < -0.39 is 0 Å². The van der Waals surface area contributed by atoms with Crippen molar-refractivity contribution in [2.45, 2.75) is 84.6 Å². The lowest BCUT2D eigenvalue weighted by Gasteiger charge is -2.25. The molecule has 0 saturated carbocycles. The normalized spacial score (nSPS) is 10.5. The Morgan fingerprint density at radius 3 is 2.21 bits per heavy atom. The first-order valence-electron chi connectivity index (χ1n) is 7.79.